The summed E-state index contributed by atoms with van der Waals surface area (Å²) in [5.74, 6) is 2.35. The number of rotatable bonds is 5. The van der Waals surface area contributed by atoms with Crippen molar-refractivity contribution in [1.29, 1.82) is 0 Å². The Labute approximate surface area is 157 Å². The molecule has 1 N–H and O–H groups in total. The Morgan fingerprint density at radius 3 is 2.24 bits per heavy atom. The van der Waals surface area contributed by atoms with Gasteiger partial charge >= 0.3 is 0 Å². The van der Waals surface area contributed by atoms with Gasteiger partial charge in [-0.05, 0) is 18.9 Å². The fraction of sp³-hybridized carbons (Fsp3) is 0.684. The molecule has 1 saturated heterocycles. The number of halogens is 1. The Bertz CT molecular complexity index is 554. The summed E-state index contributed by atoms with van der Waals surface area (Å²) in [6.45, 7) is 4.13. The average molecular weight is 371 g/mol. The van der Waals surface area contributed by atoms with Crippen LogP contribution < -0.4 is 19.5 Å². The molecule has 1 aliphatic heterocycles. The van der Waals surface area contributed by atoms with Gasteiger partial charge in [0, 0.05) is 43.3 Å². The van der Waals surface area contributed by atoms with E-state index in [0.29, 0.717) is 11.3 Å². The molecule has 1 saturated carbocycles. The summed E-state index contributed by atoms with van der Waals surface area (Å²) in [5, 5.41) is 3.61. The largest absolute Gasteiger partial charge is 0.496 e. The fourth-order valence-corrected chi connectivity index (χ4v) is 4.26. The van der Waals surface area contributed by atoms with Crippen LogP contribution in [0.25, 0.3) is 0 Å². The molecule has 2 fully saturated rings. The van der Waals surface area contributed by atoms with E-state index in [-0.39, 0.29) is 12.4 Å². The number of piperazine rings is 1. The molecule has 5 nitrogen and oxygen atoms in total. The first-order valence-electron chi connectivity index (χ1n) is 8.97. The first-order valence-corrected chi connectivity index (χ1v) is 8.97. The standard InChI is InChI=1S/C19H30N2O3.ClH/c1-22-16-12-18(24-3)17(23-2)11-15(16)13-21-10-9-20-14-19(21)7-5-4-6-8-19;/h11-12,20H,4-10,13-14H2,1-3H3;1H. The molecule has 142 valence electrons. The van der Waals surface area contributed by atoms with Gasteiger partial charge in [-0.1, -0.05) is 19.3 Å². The molecule has 0 radical (unpaired) electrons. The summed E-state index contributed by atoms with van der Waals surface area (Å²) in [7, 11) is 5.06. The van der Waals surface area contributed by atoms with Crippen molar-refractivity contribution < 1.29 is 14.2 Å². The van der Waals surface area contributed by atoms with Crippen molar-refractivity contribution >= 4 is 12.4 Å². The molecule has 1 aliphatic carbocycles. The quantitative estimate of drug-likeness (QED) is 0.861. The maximum atomic E-state index is 5.63. The van der Waals surface area contributed by atoms with Gasteiger partial charge in [0.25, 0.3) is 0 Å². The summed E-state index contributed by atoms with van der Waals surface area (Å²) in [6, 6.07) is 4.00. The Kier molecular flexibility index (Phi) is 7.23. The first-order chi connectivity index (χ1) is 11.7. The highest BCUT2D eigenvalue weighted by molar-refractivity contribution is 5.85. The minimum Gasteiger partial charge on any atom is -0.496 e. The highest BCUT2D eigenvalue weighted by atomic mass is 35.5. The lowest BCUT2D eigenvalue weighted by Crippen LogP contribution is -2.61. The van der Waals surface area contributed by atoms with E-state index in [1.54, 1.807) is 21.3 Å². The molecule has 0 atom stereocenters. The molecule has 6 heteroatoms. The van der Waals surface area contributed by atoms with E-state index < -0.39 is 0 Å². The number of hydrogen-bond donors (Lipinski definition) is 1. The molecule has 0 aromatic heterocycles. The third kappa shape index (κ3) is 4.15. The van der Waals surface area contributed by atoms with Gasteiger partial charge in [-0.25, -0.2) is 0 Å². The van der Waals surface area contributed by atoms with Crippen LogP contribution in [0.15, 0.2) is 12.1 Å². The van der Waals surface area contributed by atoms with Crippen LogP contribution in [-0.2, 0) is 6.54 Å². The van der Waals surface area contributed by atoms with Crippen LogP contribution in [0, 0.1) is 0 Å². The van der Waals surface area contributed by atoms with Crippen LogP contribution in [0.5, 0.6) is 17.2 Å². The van der Waals surface area contributed by atoms with Crippen LogP contribution in [0.2, 0.25) is 0 Å². The molecule has 1 heterocycles. The summed E-state index contributed by atoms with van der Waals surface area (Å²) < 4.78 is 16.5. The molecule has 0 bridgehead atoms. The Balaban J connectivity index is 0.00000225. The van der Waals surface area contributed by atoms with Gasteiger partial charge in [-0.3, -0.25) is 4.90 Å². The lowest BCUT2D eigenvalue weighted by Gasteiger charge is -2.50. The van der Waals surface area contributed by atoms with Gasteiger partial charge in [0.05, 0.1) is 21.3 Å². The molecule has 1 aromatic rings. The van der Waals surface area contributed by atoms with E-state index in [1.165, 1.54) is 37.7 Å². The molecule has 3 rings (SSSR count). The minimum atomic E-state index is 0. The average Bonchev–Trinajstić information content (AvgIpc) is 2.64. The van der Waals surface area contributed by atoms with Gasteiger partial charge in [0.15, 0.2) is 11.5 Å². The molecule has 2 aliphatic rings. The second-order valence-corrected chi connectivity index (χ2v) is 6.90. The fourth-order valence-electron chi connectivity index (χ4n) is 4.26. The van der Waals surface area contributed by atoms with Crippen molar-refractivity contribution in [1.82, 2.24) is 10.2 Å². The van der Waals surface area contributed by atoms with E-state index in [1.807, 2.05) is 6.07 Å². The van der Waals surface area contributed by atoms with Crippen molar-refractivity contribution in [3.63, 3.8) is 0 Å². The van der Waals surface area contributed by atoms with Crippen molar-refractivity contribution in [2.45, 2.75) is 44.2 Å². The zero-order chi connectivity index (χ0) is 17.0. The zero-order valence-electron chi connectivity index (χ0n) is 15.6. The number of nitrogens with zero attached hydrogens (tertiary/aromatic N) is 1. The molecule has 0 amide bonds. The second kappa shape index (κ2) is 8.97. The number of ether oxygens (including phenoxy) is 3. The van der Waals surface area contributed by atoms with Crippen LogP contribution >= 0.6 is 12.4 Å². The van der Waals surface area contributed by atoms with Crippen LogP contribution in [-0.4, -0.2) is 51.4 Å². The highest BCUT2D eigenvalue weighted by Crippen LogP contribution is 2.39. The second-order valence-electron chi connectivity index (χ2n) is 6.90. The number of benzene rings is 1. The van der Waals surface area contributed by atoms with Crippen LogP contribution in [0.1, 0.15) is 37.7 Å². The van der Waals surface area contributed by atoms with Crippen LogP contribution in [0.4, 0.5) is 0 Å². The molecule has 0 unspecified atom stereocenters. The van der Waals surface area contributed by atoms with E-state index in [9.17, 15) is 0 Å². The number of methoxy groups -OCH3 is 3. The number of hydrogen-bond acceptors (Lipinski definition) is 5. The van der Waals surface area contributed by atoms with Gasteiger partial charge in [0.2, 0.25) is 0 Å². The molecule has 25 heavy (non-hydrogen) atoms. The molecule has 1 aromatic carbocycles. The maximum Gasteiger partial charge on any atom is 0.164 e. The maximum absolute atomic E-state index is 5.63. The molecular formula is C19H31ClN2O3. The number of nitrogens with one attached hydrogen (secondary N) is 1. The van der Waals surface area contributed by atoms with E-state index in [0.717, 1.165) is 37.7 Å². The third-order valence-corrected chi connectivity index (χ3v) is 5.62. The van der Waals surface area contributed by atoms with E-state index in [4.69, 9.17) is 14.2 Å². The van der Waals surface area contributed by atoms with Gasteiger partial charge in [0.1, 0.15) is 5.75 Å². The van der Waals surface area contributed by atoms with E-state index >= 15 is 0 Å². The van der Waals surface area contributed by atoms with Crippen LogP contribution in [0.3, 0.4) is 0 Å². The minimum absolute atomic E-state index is 0. The summed E-state index contributed by atoms with van der Waals surface area (Å²) in [5.41, 5.74) is 1.47. The Morgan fingerprint density at radius 1 is 0.960 bits per heavy atom. The zero-order valence-corrected chi connectivity index (χ0v) is 16.4. The predicted octanol–water partition coefficient (Wildman–Crippen LogP) is 3.24. The van der Waals surface area contributed by atoms with Crippen molar-refractivity contribution in [2.75, 3.05) is 41.0 Å². The third-order valence-electron chi connectivity index (χ3n) is 5.62. The Hall–Kier alpha value is -1.17. The summed E-state index contributed by atoms with van der Waals surface area (Å²) in [6.07, 6.45) is 6.61. The topological polar surface area (TPSA) is 43.0 Å². The van der Waals surface area contributed by atoms with Crippen molar-refractivity contribution in [3.05, 3.63) is 17.7 Å². The normalized spacial score (nSPS) is 20.0. The van der Waals surface area contributed by atoms with Gasteiger partial charge in [-0.15, -0.1) is 12.4 Å². The lowest BCUT2D eigenvalue weighted by molar-refractivity contribution is 0.0203. The smallest absolute Gasteiger partial charge is 0.164 e. The van der Waals surface area contributed by atoms with Gasteiger partial charge in [-0.2, -0.15) is 0 Å². The first kappa shape index (κ1) is 20.1. The van der Waals surface area contributed by atoms with Crippen molar-refractivity contribution in [2.24, 2.45) is 0 Å². The van der Waals surface area contributed by atoms with Gasteiger partial charge < -0.3 is 19.5 Å². The Morgan fingerprint density at radius 2 is 1.60 bits per heavy atom. The van der Waals surface area contributed by atoms with E-state index in [2.05, 4.69) is 16.3 Å². The SMILES string of the molecule is COc1cc(OC)c(OC)cc1CN1CCNCC12CCCCC2.Cl. The summed E-state index contributed by atoms with van der Waals surface area (Å²) in [4.78, 5) is 2.66. The molecule has 1 spiro atoms. The van der Waals surface area contributed by atoms with Crippen molar-refractivity contribution in [3.8, 4) is 17.2 Å². The highest BCUT2D eigenvalue weighted by Gasteiger charge is 2.39. The summed E-state index contributed by atoms with van der Waals surface area (Å²) >= 11 is 0. The molecular weight excluding hydrogens is 340 g/mol. The predicted molar refractivity (Wildman–Crippen MR) is 102 cm³/mol. The monoisotopic (exact) mass is 370 g/mol. The lowest BCUT2D eigenvalue weighted by atomic mass is 9.79.